The Labute approximate surface area is 160 Å². The minimum Gasteiger partial charge on any atom is -0.506 e. The molecule has 1 aliphatic rings. The van der Waals surface area contributed by atoms with Crippen LogP contribution in [0, 0.1) is 0 Å². The number of carbonyl (C=O) groups is 1. The number of phenols is 1. The monoisotopic (exact) mass is 369 g/mol. The molecule has 2 aromatic rings. The molecule has 0 saturated carbocycles. The zero-order valence-corrected chi connectivity index (χ0v) is 15.7. The summed E-state index contributed by atoms with van der Waals surface area (Å²) >= 11 is 0. The van der Waals surface area contributed by atoms with Crippen LogP contribution in [0.1, 0.15) is 12.8 Å². The van der Waals surface area contributed by atoms with E-state index in [1.165, 1.54) is 0 Å². The third-order valence-corrected chi connectivity index (χ3v) is 4.85. The lowest BCUT2D eigenvalue weighted by molar-refractivity contribution is -0.116. The van der Waals surface area contributed by atoms with Gasteiger partial charge in [0, 0.05) is 32.6 Å². The van der Waals surface area contributed by atoms with Crippen LogP contribution in [0.5, 0.6) is 11.5 Å². The molecule has 6 heteroatoms. The Morgan fingerprint density at radius 2 is 1.78 bits per heavy atom. The van der Waals surface area contributed by atoms with Gasteiger partial charge in [0.1, 0.15) is 11.5 Å². The average Bonchev–Trinajstić information content (AvgIpc) is 2.70. The molecule has 27 heavy (non-hydrogen) atoms. The van der Waals surface area contributed by atoms with Crippen molar-refractivity contribution < 1.29 is 14.6 Å². The van der Waals surface area contributed by atoms with Crippen LogP contribution in [-0.4, -0.2) is 55.7 Å². The number of hydrogen-bond acceptors (Lipinski definition) is 5. The minimum absolute atomic E-state index is 0.0656. The van der Waals surface area contributed by atoms with Gasteiger partial charge in [-0.25, -0.2) is 0 Å². The van der Waals surface area contributed by atoms with Crippen molar-refractivity contribution in [3.63, 3.8) is 0 Å². The molecule has 0 spiro atoms. The highest BCUT2D eigenvalue weighted by Gasteiger charge is 2.19. The molecule has 0 unspecified atom stereocenters. The highest BCUT2D eigenvalue weighted by atomic mass is 16.5. The Bertz CT molecular complexity index is 758. The van der Waals surface area contributed by atoms with Crippen molar-refractivity contribution in [1.82, 2.24) is 4.90 Å². The largest absolute Gasteiger partial charge is 0.506 e. The molecule has 1 aliphatic heterocycles. The van der Waals surface area contributed by atoms with Crippen LogP contribution in [0.3, 0.4) is 0 Å². The fraction of sp³-hybridized carbons (Fsp3) is 0.381. The maximum Gasteiger partial charge on any atom is 0.224 e. The number of carbonyl (C=O) groups excluding carboxylic acids is 1. The Hall–Kier alpha value is -2.73. The van der Waals surface area contributed by atoms with Gasteiger partial charge in [0.05, 0.1) is 18.5 Å². The quantitative estimate of drug-likeness (QED) is 0.735. The number of piperazine rings is 1. The zero-order chi connectivity index (χ0) is 19.1. The lowest BCUT2D eigenvalue weighted by atomic mass is 10.2. The van der Waals surface area contributed by atoms with Crippen molar-refractivity contribution in [3.05, 3.63) is 48.5 Å². The first-order chi connectivity index (χ1) is 13.2. The van der Waals surface area contributed by atoms with Crippen LogP contribution in [0.15, 0.2) is 48.5 Å². The van der Waals surface area contributed by atoms with E-state index in [9.17, 15) is 9.90 Å². The molecular formula is C21H27N3O3. The summed E-state index contributed by atoms with van der Waals surface area (Å²) in [5, 5.41) is 12.5. The number of amides is 1. The lowest BCUT2D eigenvalue weighted by Crippen LogP contribution is -2.46. The molecule has 1 amide bonds. The van der Waals surface area contributed by atoms with Crippen molar-refractivity contribution in [2.24, 2.45) is 0 Å². The SMILES string of the molecule is COc1ccccc1N1CCN(CCCC(=O)Nc2ccccc2O)CC1. The van der Waals surface area contributed by atoms with E-state index in [2.05, 4.69) is 21.2 Å². The van der Waals surface area contributed by atoms with Crippen molar-refractivity contribution in [3.8, 4) is 11.5 Å². The van der Waals surface area contributed by atoms with Gasteiger partial charge in [0.2, 0.25) is 5.91 Å². The summed E-state index contributed by atoms with van der Waals surface area (Å²) in [6, 6.07) is 14.9. The van der Waals surface area contributed by atoms with E-state index in [1.54, 1.807) is 31.4 Å². The number of ether oxygens (including phenoxy) is 1. The number of nitrogens with one attached hydrogen (secondary N) is 1. The van der Waals surface area contributed by atoms with Crippen LogP contribution in [0.2, 0.25) is 0 Å². The van der Waals surface area contributed by atoms with Crippen LogP contribution in [0.25, 0.3) is 0 Å². The number of anilines is 2. The third kappa shape index (κ3) is 5.14. The predicted molar refractivity (Wildman–Crippen MR) is 108 cm³/mol. The zero-order valence-electron chi connectivity index (χ0n) is 15.7. The van der Waals surface area contributed by atoms with Crippen LogP contribution < -0.4 is 15.0 Å². The first-order valence-electron chi connectivity index (χ1n) is 9.35. The smallest absolute Gasteiger partial charge is 0.224 e. The number of para-hydroxylation sites is 4. The fourth-order valence-electron chi connectivity index (χ4n) is 3.36. The summed E-state index contributed by atoms with van der Waals surface area (Å²) in [6.07, 6.45) is 1.25. The van der Waals surface area contributed by atoms with Crippen LogP contribution in [-0.2, 0) is 4.79 Å². The van der Waals surface area contributed by atoms with Gasteiger partial charge >= 0.3 is 0 Å². The first-order valence-corrected chi connectivity index (χ1v) is 9.35. The molecular weight excluding hydrogens is 342 g/mol. The molecule has 0 atom stereocenters. The Kier molecular flexibility index (Phi) is 6.54. The van der Waals surface area contributed by atoms with Gasteiger partial charge in [0.15, 0.2) is 0 Å². The summed E-state index contributed by atoms with van der Waals surface area (Å²) in [7, 11) is 1.70. The molecule has 0 radical (unpaired) electrons. The first kappa shape index (κ1) is 19.0. The molecule has 1 heterocycles. The van der Waals surface area contributed by atoms with E-state index < -0.39 is 0 Å². The van der Waals surface area contributed by atoms with E-state index in [0.717, 1.165) is 50.6 Å². The van der Waals surface area contributed by atoms with Gasteiger partial charge in [-0.05, 0) is 37.2 Å². The molecule has 1 fully saturated rings. The highest BCUT2D eigenvalue weighted by Crippen LogP contribution is 2.28. The summed E-state index contributed by atoms with van der Waals surface area (Å²) < 4.78 is 5.46. The van der Waals surface area contributed by atoms with Gasteiger partial charge in [-0.1, -0.05) is 24.3 Å². The summed E-state index contributed by atoms with van der Waals surface area (Å²) in [4.78, 5) is 16.8. The molecule has 0 bridgehead atoms. The number of nitrogens with zero attached hydrogens (tertiary/aromatic N) is 2. The number of phenolic OH excluding ortho intramolecular Hbond substituents is 1. The molecule has 0 aliphatic carbocycles. The molecule has 3 rings (SSSR count). The second kappa shape index (κ2) is 9.28. The van der Waals surface area contributed by atoms with Gasteiger partial charge in [-0.15, -0.1) is 0 Å². The standard InChI is InChI=1S/C21H27N3O3/c1-27-20-10-5-3-8-18(20)24-15-13-23(14-16-24)12-6-11-21(26)22-17-7-2-4-9-19(17)25/h2-5,7-10,25H,6,11-16H2,1H3,(H,22,26). The van der Waals surface area contributed by atoms with E-state index in [0.29, 0.717) is 12.1 Å². The lowest BCUT2D eigenvalue weighted by Gasteiger charge is -2.36. The topological polar surface area (TPSA) is 65.0 Å². The van der Waals surface area contributed by atoms with Gasteiger partial charge in [-0.3, -0.25) is 9.69 Å². The highest BCUT2D eigenvalue weighted by molar-refractivity contribution is 5.92. The second-order valence-corrected chi connectivity index (χ2v) is 6.67. The van der Waals surface area contributed by atoms with E-state index >= 15 is 0 Å². The summed E-state index contributed by atoms with van der Waals surface area (Å²) in [5.41, 5.74) is 1.61. The van der Waals surface area contributed by atoms with Crippen LogP contribution in [0.4, 0.5) is 11.4 Å². The van der Waals surface area contributed by atoms with E-state index in [1.807, 2.05) is 18.2 Å². The second-order valence-electron chi connectivity index (χ2n) is 6.67. The van der Waals surface area contributed by atoms with Crippen molar-refractivity contribution in [2.75, 3.05) is 50.1 Å². The number of benzene rings is 2. The number of methoxy groups -OCH3 is 1. The summed E-state index contributed by atoms with van der Waals surface area (Å²) in [5.74, 6) is 0.939. The normalized spacial score (nSPS) is 14.8. The molecule has 2 N–H and O–H groups in total. The Morgan fingerprint density at radius 1 is 1.07 bits per heavy atom. The maximum absolute atomic E-state index is 12.1. The third-order valence-electron chi connectivity index (χ3n) is 4.85. The molecule has 1 saturated heterocycles. The molecule has 144 valence electrons. The van der Waals surface area contributed by atoms with Gasteiger partial charge in [0.25, 0.3) is 0 Å². The maximum atomic E-state index is 12.1. The van der Waals surface area contributed by atoms with Crippen molar-refractivity contribution in [1.29, 1.82) is 0 Å². The molecule has 2 aromatic carbocycles. The van der Waals surface area contributed by atoms with Gasteiger partial charge < -0.3 is 20.1 Å². The van der Waals surface area contributed by atoms with E-state index in [-0.39, 0.29) is 11.7 Å². The molecule has 0 aromatic heterocycles. The Morgan fingerprint density at radius 3 is 2.52 bits per heavy atom. The number of rotatable bonds is 7. The number of aromatic hydroxyl groups is 1. The average molecular weight is 369 g/mol. The fourth-order valence-corrected chi connectivity index (χ4v) is 3.36. The predicted octanol–water partition coefficient (Wildman–Crippen LogP) is 2.94. The van der Waals surface area contributed by atoms with E-state index in [4.69, 9.17) is 4.74 Å². The Balaban J connectivity index is 1.40. The number of hydrogen-bond donors (Lipinski definition) is 2. The van der Waals surface area contributed by atoms with Gasteiger partial charge in [-0.2, -0.15) is 0 Å². The van der Waals surface area contributed by atoms with Crippen molar-refractivity contribution in [2.45, 2.75) is 12.8 Å². The van der Waals surface area contributed by atoms with Crippen molar-refractivity contribution >= 4 is 17.3 Å². The molecule has 6 nitrogen and oxygen atoms in total. The van der Waals surface area contributed by atoms with Crippen LogP contribution >= 0.6 is 0 Å². The summed E-state index contributed by atoms with van der Waals surface area (Å²) in [6.45, 7) is 4.74. The minimum atomic E-state index is -0.0656.